The van der Waals surface area contributed by atoms with Crippen LogP contribution in [0.1, 0.15) is 0 Å². The van der Waals surface area contributed by atoms with Crippen LogP contribution in [0.3, 0.4) is 0 Å². The second kappa shape index (κ2) is 5.75. The van der Waals surface area contributed by atoms with Gasteiger partial charge in [0.05, 0.1) is 0 Å². The summed E-state index contributed by atoms with van der Waals surface area (Å²) in [6, 6.07) is 19.6. The van der Waals surface area contributed by atoms with Crippen LogP contribution >= 0.6 is 0 Å². The monoisotopic (exact) mass is 352 g/mol. The fraction of sp³-hybridized carbons (Fsp3) is 0. The Morgan fingerprint density at radius 2 is 1.52 bits per heavy atom. The number of hydrogen-bond acceptors (Lipinski definition) is 5. The minimum Gasteiger partial charge on any atom is -0.423 e. The van der Waals surface area contributed by atoms with Crippen molar-refractivity contribution in [1.29, 1.82) is 0 Å². The van der Waals surface area contributed by atoms with E-state index in [2.05, 4.69) is 0 Å². The van der Waals surface area contributed by atoms with E-state index >= 15 is 0 Å². The summed E-state index contributed by atoms with van der Waals surface area (Å²) in [7, 11) is -4.00. The molecule has 0 N–H and O–H groups in total. The molecule has 1 heterocycles. The maximum atomic E-state index is 12.5. The van der Waals surface area contributed by atoms with Crippen molar-refractivity contribution in [2.75, 3.05) is 0 Å². The molecular weight excluding hydrogens is 340 g/mol. The normalized spacial score (nSPS) is 11.7. The number of hydrogen-bond donors (Lipinski definition) is 0. The zero-order chi connectivity index (χ0) is 17.4. The van der Waals surface area contributed by atoms with Gasteiger partial charge in [-0.1, -0.05) is 30.3 Å². The molecule has 0 fully saturated rings. The van der Waals surface area contributed by atoms with Gasteiger partial charge in [0.2, 0.25) is 0 Å². The molecule has 0 amide bonds. The van der Waals surface area contributed by atoms with Gasteiger partial charge in [-0.05, 0) is 47.2 Å². The summed E-state index contributed by atoms with van der Waals surface area (Å²) in [6.07, 6.45) is 0. The van der Waals surface area contributed by atoms with Crippen molar-refractivity contribution in [2.45, 2.75) is 4.90 Å². The van der Waals surface area contributed by atoms with Crippen molar-refractivity contribution in [3.05, 3.63) is 83.2 Å². The van der Waals surface area contributed by atoms with Crippen LogP contribution in [0.4, 0.5) is 0 Å². The van der Waals surface area contributed by atoms with Gasteiger partial charge in [-0.3, -0.25) is 0 Å². The highest BCUT2D eigenvalue weighted by Gasteiger charge is 2.18. The molecule has 0 radical (unpaired) electrons. The van der Waals surface area contributed by atoms with Crippen molar-refractivity contribution in [3.63, 3.8) is 0 Å². The molecule has 0 saturated carbocycles. The molecule has 0 aliphatic heterocycles. The fourth-order valence-corrected chi connectivity index (χ4v) is 3.56. The topological polar surface area (TPSA) is 73.6 Å². The highest BCUT2D eigenvalue weighted by Crippen LogP contribution is 2.25. The second-order valence-corrected chi connectivity index (χ2v) is 7.05. The van der Waals surface area contributed by atoms with E-state index in [-0.39, 0.29) is 10.6 Å². The number of benzene rings is 3. The average Bonchev–Trinajstić information content (AvgIpc) is 2.60. The standard InChI is InChI=1S/C19H12O5S/c20-19-10-6-15-12-17(8-9-18(15)23-19)25(21,22)24-16-7-5-13-3-1-2-4-14(13)11-16/h1-12H. The van der Waals surface area contributed by atoms with Gasteiger partial charge in [0, 0.05) is 11.5 Å². The Labute approximate surface area is 143 Å². The van der Waals surface area contributed by atoms with Gasteiger partial charge < -0.3 is 8.60 Å². The Kier molecular flexibility index (Phi) is 3.54. The van der Waals surface area contributed by atoms with Crippen LogP contribution in [0.5, 0.6) is 5.75 Å². The SMILES string of the molecule is O=c1ccc2cc(S(=O)(=O)Oc3ccc4ccccc4c3)ccc2o1. The van der Waals surface area contributed by atoms with E-state index in [0.717, 1.165) is 10.8 Å². The van der Waals surface area contributed by atoms with Crippen LogP contribution < -0.4 is 9.81 Å². The van der Waals surface area contributed by atoms with Crippen LogP contribution in [0.25, 0.3) is 21.7 Å². The zero-order valence-electron chi connectivity index (χ0n) is 12.9. The van der Waals surface area contributed by atoms with Crippen molar-refractivity contribution in [1.82, 2.24) is 0 Å². The van der Waals surface area contributed by atoms with Gasteiger partial charge in [0.1, 0.15) is 16.2 Å². The first-order chi connectivity index (χ1) is 12.0. The third kappa shape index (κ3) is 2.99. The molecule has 4 aromatic rings. The van der Waals surface area contributed by atoms with Crippen molar-refractivity contribution >= 4 is 31.9 Å². The Morgan fingerprint density at radius 1 is 0.760 bits per heavy atom. The Morgan fingerprint density at radius 3 is 2.36 bits per heavy atom. The molecular formula is C19H12O5S. The van der Waals surface area contributed by atoms with Crippen molar-refractivity contribution in [3.8, 4) is 5.75 Å². The molecule has 3 aromatic carbocycles. The van der Waals surface area contributed by atoms with E-state index in [1.54, 1.807) is 18.2 Å². The van der Waals surface area contributed by atoms with Crippen LogP contribution in [0.2, 0.25) is 0 Å². The average molecular weight is 352 g/mol. The fourth-order valence-electron chi connectivity index (χ4n) is 2.60. The molecule has 1 aromatic heterocycles. The minimum atomic E-state index is -4.00. The van der Waals surface area contributed by atoms with Gasteiger partial charge in [-0.25, -0.2) is 4.79 Å². The summed E-state index contributed by atoms with van der Waals surface area (Å²) in [5, 5.41) is 2.38. The van der Waals surface area contributed by atoms with Crippen molar-refractivity contribution < 1.29 is 17.0 Å². The van der Waals surface area contributed by atoms with Crippen LogP contribution in [0, 0.1) is 0 Å². The van der Waals surface area contributed by atoms with Crippen LogP contribution in [-0.2, 0) is 10.1 Å². The number of rotatable bonds is 3. The summed E-state index contributed by atoms with van der Waals surface area (Å²) >= 11 is 0. The van der Waals surface area contributed by atoms with E-state index in [9.17, 15) is 13.2 Å². The van der Waals surface area contributed by atoms with Gasteiger partial charge in [0.15, 0.2) is 0 Å². The number of fused-ring (bicyclic) bond motifs is 2. The third-order valence-corrected chi connectivity index (χ3v) is 5.05. The molecule has 0 aliphatic rings. The summed E-state index contributed by atoms with van der Waals surface area (Å²) < 4.78 is 35.3. The first-order valence-corrected chi connectivity index (χ1v) is 8.89. The summed E-state index contributed by atoms with van der Waals surface area (Å²) in [5.74, 6) is 0.235. The summed E-state index contributed by atoms with van der Waals surface area (Å²) in [4.78, 5) is 11.2. The molecule has 0 saturated heterocycles. The molecule has 0 spiro atoms. The highest BCUT2D eigenvalue weighted by molar-refractivity contribution is 7.87. The van der Waals surface area contributed by atoms with E-state index in [1.807, 2.05) is 24.3 Å². The first kappa shape index (κ1) is 15.4. The minimum absolute atomic E-state index is 0.0120. The maximum absolute atomic E-state index is 12.5. The molecule has 124 valence electrons. The summed E-state index contributed by atoms with van der Waals surface area (Å²) in [6.45, 7) is 0. The summed E-state index contributed by atoms with van der Waals surface area (Å²) in [5.41, 5.74) is -0.173. The van der Waals surface area contributed by atoms with Gasteiger partial charge in [-0.15, -0.1) is 0 Å². The molecule has 5 nitrogen and oxygen atoms in total. The second-order valence-electron chi connectivity index (χ2n) is 5.50. The molecule has 0 atom stereocenters. The van der Waals surface area contributed by atoms with Gasteiger partial charge >= 0.3 is 15.7 Å². The van der Waals surface area contributed by atoms with E-state index in [0.29, 0.717) is 11.0 Å². The Balaban J connectivity index is 1.73. The maximum Gasteiger partial charge on any atom is 0.339 e. The molecule has 0 unspecified atom stereocenters. The smallest absolute Gasteiger partial charge is 0.339 e. The lowest BCUT2D eigenvalue weighted by molar-refractivity contribution is 0.486. The predicted molar refractivity (Wildman–Crippen MR) is 94.2 cm³/mol. The largest absolute Gasteiger partial charge is 0.423 e. The van der Waals surface area contributed by atoms with E-state index in [4.69, 9.17) is 8.60 Å². The molecule has 25 heavy (non-hydrogen) atoms. The van der Waals surface area contributed by atoms with E-state index in [1.165, 1.54) is 30.3 Å². The van der Waals surface area contributed by atoms with Crippen LogP contribution in [0.15, 0.2) is 86.9 Å². The van der Waals surface area contributed by atoms with Crippen LogP contribution in [-0.4, -0.2) is 8.42 Å². The predicted octanol–water partition coefficient (Wildman–Crippen LogP) is 3.71. The Hall–Kier alpha value is -3.12. The van der Waals surface area contributed by atoms with Gasteiger partial charge in [-0.2, -0.15) is 8.42 Å². The lowest BCUT2D eigenvalue weighted by Crippen LogP contribution is -2.09. The molecule has 0 bridgehead atoms. The molecule has 6 heteroatoms. The molecule has 4 rings (SSSR count). The Bertz CT molecular complexity index is 1260. The third-order valence-electron chi connectivity index (χ3n) is 3.81. The highest BCUT2D eigenvalue weighted by atomic mass is 32.2. The first-order valence-electron chi connectivity index (χ1n) is 7.48. The molecule has 0 aliphatic carbocycles. The van der Waals surface area contributed by atoms with E-state index < -0.39 is 15.7 Å². The van der Waals surface area contributed by atoms with Crippen molar-refractivity contribution in [2.24, 2.45) is 0 Å². The zero-order valence-corrected chi connectivity index (χ0v) is 13.7. The lowest BCUT2D eigenvalue weighted by atomic mass is 10.1. The lowest BCUT2D eigenvalue weighted by Gasteiger charge is -2.08. The van der Waals surface area contributed by atoms with Gasteiger partial charge in [0.25, 0.3) is 0 Å². The quantitative estimate of drug-likeness (QED) is 0.415.